The molecule has 16 heavy (non-hydrogen) atoms. The molecule has 1 saturated heterocycles. The Bertz CT molecular complexity index is 316. The van der Waals surface area contributed by atoms with Crippen molar-refractivity contribution in [2.24, 2.45) is 0 Å². The van der Waals surface area contributed by atoms with Crippen molar-refractivity contribution in [2.75, 3.05) is 24.5 Å². The molecule has 0 aromatic carbocycles. The molecule has 1 aliphatic rings. The van der Waals surface area contributed by atoms with Crippen LogP contribution in [0.15, 0.2) is 5.38 Å². The lowest BCUT2D eigenvalue weighted by atomic mass is 10.3. The van der Waals surface area contributed by atoms with E-state index in [0.717, 1.165) is 13.0 Å². The predicted octanol–water partition coefficient (Wildman–Crippen LogP) is 2.28. The number of hydrogen-bond donors (Lipinski definition) is 1. The van der Waals surface area contributed by atoms with Crippen molar-refractivity contribution >= 4 is 16.5 Å². The van der Waals surface area contributed by atoms with Gasteiger partial charge in [0.05, 0.1) is 5.69 Å². The largest absolute Gasteiger partial charge is 0.348 e. The molecule has 0 radical (unpaired) electrons. The maximum absolute atomic E-state index is 4.69. The van der Waals surface area contributed by atoms with Gasteiger partial charge in [0.1, 0.15) is 0 Å². The molecule has 1 aromatic rings. The third-order valence-corrected chi connectivity index (χ3v) is 3.80. The smallest absolute Gasteiger partial charge is 0.185 e. The second-order valence-corrected chi connectivity index (χ2v) is 5.51. The number of nitrogens with one attached hydrogen (secondary N) is 1. The summed E-state index contributed by atoms with van der Waals surface area (Å²) >= 11 is 1.79. The average Bonchev–Trinajstić information content (AvgIpc) is 2.85. The first-order valence-corrected chi connectivity index (χ1v) is 7.06. The maximum Gasteiger partial charge on any atom is 0.185 e. The molecule has 4 heteroatoms. The molecule has 0 bridgehead atoms. The summed E-state index contributed by atoms with van der Waals surface area (Å²) in [5.74, 6) is 0. The molecule has 1 fully saturated rings. The number of rotatable bonds is 5. The van der Waals surface area contributed by atoms with Crippen molar-refractivity contribution in [3.8, 4) is 0 Å². The van der Waals surface area contributed by atoms with Gasteiger partial charge in [-0.2, -0.15) is 0 Å². The summed E-state index contributed by atoms with van der Waals surface area (Å²) in [5.41, 5.74) is 1.24. The lowest BCUT2D eigenvalue weighted by Crippen LogP contribution is -2.25. The fourth-order valence-electron chi connectivity index (χ4n) is 1.95. The van der Waals surface area contributed by atoms with E-state index in [1.54, 1.807) is 11.3 Å². The third-order valence-electron chi connectivity index (χ3n) is 2.85. The van der Waals surface area contributed by atoms with Crippen LogP contribution in [0.5, 0.6) is 0 Å². The van der Waals surface area contributed by atoms with Crippen LogP contribution < -0.4 is 10.2 Å². The second kappa shape index (κ2) is 5.64. The Kier molecular flexibility index (Phi) is 4.18. The summed E-state index contributed by atoms with van der Waals surface area (Å²) in [6.45, 7) is 7.77. The van der Waals surface area contributed by atoms with Crippen LogP contribution in [-0.4, -0.2) is 30.7 Å². The van der Waals surface area contributed by atoms with Crippen molar-refractivity contribution in [1.82, 2.24) is 10.3 Å². The van der Waals surface area contributed by atoms with E-state index in [9.17, 15) is 0 Å². The van der Waals surface area contributed by atoms with E-state index >= 15 is 0 Å². The molecular formula is C12H21N3S. The highest BCUT2D eigenvalue weighted by Crippen LogP contribution is 2.24. The first-order chi connectivity index (χ1) is 7.75. The molecule has 1 aromatic heterocycles. The van der Waals surface area contributed by atoms with Crippen LogP contribution in [0.1, 0.15) is 32.4 Å². The fourth-order valence-corrected chi connectivity index (χ4v) is 2.87. The molecule has 2 rings (SSSR count). The Labute approximate surface area is 102 Å². The van der Waals surface area contributed by atoms with Gasteiger partial charge in [-0.15, -0.1) is 11.3 Å². The van der Waals surface area contributed by atoms with Crippen molar-refractivity contribution in [1.29, 1.82) is 0 Å². The normalized spacial score (nSPS) is 16.3. The molecule has 2 heterocycles. The molecule has 1 N–H and O–H groups in total. The van der Waals surface area contributed by atoms with Crippen LogP contribution in [0.2, 0.25) is 0 Å². The van der Waals surface area contributed by atoms with E-state index in [2.05, 4.69) is 29.4 Å². The minimum absolute atomic E-state index is 0.566. The van der Waals surface area contributed by atoms with Crippen LogP contribution >= 0.6 is 11.3 Å². The van der Waals surface area contributed by atoms with Crippen LogP contribution in [0, 0.1) is 0 Å². The Morgan fingerprint density at radius 2 is 2.19 bits per heavy atom. The minimum atomic E-state index is 0.566. The van der Waals surface area contributed by atoms with Gasteiger partial charge in [0.25, 0.3) is 0 Å². The number of anilines is 1. The number of aromatic nitrogens is 1. The standard InChI is InChI=1S/C12H21N3S/c1-10(2)13-6-5-11-9-16-12(14-11)15-7-3-4-8-15/h9-10,13H,3-8H2,1-2H3. The highest BCUT2D eigenvalue weighted by molar-refractivity contribution is 7.13. The predicted molar refractivity (Wildman–Crippen MR) is 70.4 cm³/mol. The van der Waals surface area contributed by atoms with Gasteiger partial charge in [-0.25, -0.2) is 4.98 Å². The Morgan fingerprint density at radius 3 is 2.88 bits per heavy atom. The van der Waals surface area contributed by atoms with Crippen molar-refractivity contribution < 1.29 is 0 Å². The zero-order valence-corrected chi connectivity index (χ0v) is 11.0. The highest BCUT2D eigenvalue weighted by Gasteiger charge is 2.15. The van der Waals surface area contributed by atoms with Crippen molar-refractivity contribution in [2.45, 2.75) is 39.2 Å². The quantitative estimate of drug-likeness (QED) is 0.854. The van der Waals surface area contributed by atoms with Crippen LogP contribution in [0.4, 0.5) is 5.13 Å². The first kappa shape index (κ1) is 11.9. The number of thiazole rings is 1. The van der Waals surface area contributed by atoms with Crippen molar-refractivity contribution in [3.63, 3.8) is 0 Å². The van der Waals surface area contributed by atoms with E-state index in [-0.39, 0.29) is 0 Å². The Balaban J connectivity index is 1.82. The van der Waals surface area contributed by atoms with Crippen LogP contribution in [-0.2, 0) is 6.42 Å². The van der Waals surface area contributed by atoms with E-state index in [4.69, 9.17) is 4.98 Å². The monoisotopic (exact) mass is 239 g/mol. The highest BCUT2D eigenvalue weighted by atomic mass is 32.1. The number of hydrogen-bond acceptors (Lipinski definition) is 4. The molecule has 0 atom stereocenters. The maximum atomic E-state index is 4.69. The van der Waals surface area contributed by atoms with E-state index in [1.807, 2.05) is 0 Å². The average molecular weight is 239 g/mol. The van der Waals surface area contributed by atoms with Gasteiger partial charge in [0.15, 0.2) is 5.13 Å². The molecule has 0 spiro atoms. The fraction of sp³-hybridized carbons (Fsp3) is 0.750. The lowest BCUT2D eigenvalue weighted by molar-refractivity contribution is 0.588. The van der Waals surface area contributed by atoms with Gasteiger partial charge in [0, 0.05) is 37.5 Å². The molecule has 90 valence electrons. The molecule has 0 unspecified atom stereocenters. The van der Waals surface area contributed by atoms with E-state index in [1.165, 1.54) is 36.8 Å². The SMILES string of the molecule is CC(C)NCCc1csc(N2CCCC2)n1. The Morgan fingerprint density at radius 1 is 1.44 bits per heavy atom. The number of nitrogens with zero attached hydrogens (tertiary/aromatic N) is 2. The molecule has 0 aliphatic carbocycles. The third kappa shape index (κ3) is 3.19. The van der Waals surface area contributed by atoms with Crippen molar-refractivity contribution in [3.05, 3.63) is 11.1 Å². The lowest BCUT2D eigenvalue weighted by Gasteiger charge is -2.12. The summed E-state index contributed by atoms with van der Waals surface area (Å²) in [4.78, 5) is 7.10. The van der Waals surface area contributed by atoms with Gasteiger partial charge in [0.2, 0.25) is 0 Å². The second-order valence-electron chi connectivity index (χ2n) is 4.67. The zero-order valence-electron chi connectivity index (χ0n) is 10.2. The minimum Gasteiger partial charge on any atom is -0.348 e. The van der Waals surface area contributed by atoms with Gasteiger partial charge < -0.3 is 10.2 Å². The molecule has 0 saturated carbocycles. The van der Waals surface area contributed by atoms with E-state index in [0.29, 0.717) is 6.04 Å². The zero-order chi connectivity index (χ0) is 11.4. The van der Waals surface area contributed by atoms with E-state index < -0.39 is 0 Å². The van der Waals surface area contributed by atoms with Gasteiger partial charge in [-0.1, -0.05) is 13.8 Å². The van der Waals surface area contributed by atoms with Gasteiger partial charge >= 0.3 is 0 Å². The summed E-state index contributed by atoms with van der Waals surface area (Å²) in [5, 5.41) is 6.85. The molecule has 3 nitrogen and oxygen atoms in total. The summed E-state index contributed by atoms with van der Waals surface area (Å²) in [7, 11) is 0. The molecular weight excluding hydrogens is 218 g/mol. The molecule has 0 amide bonds. The summed E-state index contributed by atoms with van der Waals surface area (Å²) in [6.07, 6.45) is 3.69. The first-order valence-electron chi connectivity index (χ1n) is 6.18. The molecule has 1 aliphatic heterocycles. The summed E-state index contributed by atoms with van der Waals surface area (Å²) in [6, 6.07) is 0.566. The Hall–Kier alpha value is -0.610. The van der Waals surface area contributed by atoms with Crippen LogP contribution in [0.25, 0.3) is 0 Å². The van der Waals surface area contributed by atoms with Crippen LogP contribution in [0.3, 0.4) is 0 Å². The van der Waals surface area contributed by atoms with Gasteiger partial charge in [-0.05, 0) is 12.8 Å². The summed E-state index contributed by atoms with van der Waals surface area (Å²) < 4.78 is 0. The van der Waals surface area contributed by atoms with Gasteiger partial charge in [-0.3, -0.25) is 0 Å². The topological polar surface area (TPSA) is 28.2 Å².